The van der Waals surface area contributed by atoms with Gasteiger partial charge < -0.3 is 9.84 Å². The molecular formula is C12H13F3N4O. The number of nitrogens with zero attached hydrogens (tertiary/aromatic N) is 3. The van der Waals surface area contributed by atoms with E-state index in [1.807, 2.05) is 0 Å². The Kier molecular flexibility index (Phi) is 3.25. The maximum Gasteiger partial charge on any atom is 0.419 e. The van der Waals surface area contributed by atoms with Gasteiger partial charge in [-0.05, 0) is 12.8 Å². The Morgan fingerprint density at radius 3 is 2.85 bits per heavy atom. The van der Waals surface area contributed by atoms with E-state index < -0.39 is 11.7 Å². The van der Waals surface area contributed by atoms with Crippen molar-refractivity contribution in [1.82, 2.24) is 20.3 Å². The summed E-state index contributed by atoms with van der Waals surface area (Å²) in [5.41, 5.74) is -0.0252. The van der Waals surface area contributed by atoms with Gasteiger partial charge >= 0.3 is 6.18 Å². The molecule has 1 aliphatic carbocycles. The normalized spacial score (nSPS) is 15.8. The van der Waals surface area contributed by atoms with Gasteiger partial charge in [0.15, 0.2) is 5.76 Å². The van der Waals surface area contributed by atoms with Crippen molar-refractivity contribution in [3.8, 4) is 0 Å². The minimum Gasteiger partial charge on any atom is -0.359 e. The van der Waals surface area contributed by atoms with E-state index in [0.29, 0.717) is 18.3 Å². The third-order valence-corrected chi connectivity index (χ3v) is 3.04. The van der Waals surface area contributed by atoms with E-state index >= 15 is 0 Å². The zero-order valence-corrected chi connectivity index (χ0v) is 10.5. The van der Waals surface area contributed by atoms with Crippen LogP contribution in [-0.4, -0.2) is 21.0 Å². The van der Waals surface area contributed by atoms with Gasteiger partial charge in [0.1, 0.15) is 6.54 Å². The van der Waals surface area contributed by atoms with Gasteiger partial charge in [0.05, 0.1) is 17.5 Å². The first kappa shape index (κ1) is 13.2. The van der Waals surface area contributed by atoms with Gasteiger partial charge in [0.25, 0.3) is 0 Å². The average Bonchev–Trinajstić information content (AvgIpc) is 2.89. The molecule has 0 aliphatic heterocycles. The van der Waals surface area contributed by atoms with E-state index in [0.717, 1.165) is 18.1 Å². The molecule has 108 valence electrons. The summed E-state index contributed by atoms with van der Waals surface area (Å²) in [4.78, 5) is 0. The second-order valence-electron chi connectivity index (χ2n) is 4.86. The summed E-state index contributed by atoms with van der Waals surface area (Å²) in [6.45, 7) is 0.744. The van der Waals surface area contributed by atoms with Crippen molar-refractivity contribution in [1.29, 1.82) is 0 Å². The van der Waals surface area contributed by atoms with Crippen LogP contribution in [-0.2, 0) is 19.3 Å². The van der Waals surface area contributed by atoms with Crippen molar-refractivity contribution in [2.24, 2.45) is 0 Å². The van der Waals surface area contributed by atoms with Crippen LogP contribution < -0.4 is 5.32 Å². The van der Waals surface area contributed by atoms with Crippen LogP contribution in [0.15, 0.2) is 23.0 Å². The first-order chi connectivity index (χ1) is 9.50. The van der Waals surface area contributed by atoms with Crippen LogP contribution >= 0.6 is 0 Å². The molecule has 0 bridgehead atoms. The Balaban J connectivity index is 1.60. The molecule has 1 aliphatic rings. The van der Waals surface area contributed by atoms with E-state index in [-0.39, 0.29) is 6.54 Å². The quantitative estimate of drug-likeness (QED) is 0.915. The summed E-state index contributed by atoms with van der Waals surface area (Å²) in [5, 5.41) is 10.8. The highest BCUT2D eigenvalue weighted by molar-refractivity contribution is 5.11. The number of nitrogens with one attached hydrogen (secondary N) is 1. The predicted octanol–water partition coefficient (Wildman–Crippen LogP) is 2.19. The molecule has 5 nitrogen and oxygen atoms in total. The maximum absolute atomic E-state index is 12.4. The van der Waals surface area contributed by atoms with E-state index in [1.54, 1.807) is 6.07 Å². The van der Waals surface area contributed by atoms with Gasteiger partial charge in [0.2, 0.25) is 0 Å². The minimum absolute atomic E-state index is 0.131. The molecule has 1 fully saturated rings. The lowest BCUT2D eigenvalue weighted by Crippen LogP contribution is -2.15. The van der Waals surface area contributed by atoms with Gasteiger partial charge in [0, 0.05) is 24.8 Å². The lowest BCUT2D eigenvalue weighted by Gasteiger charge is -2.00. The second-order valence-corrected chi connectivity index (χ2v) is 4.86. The number of alkyl halides is 3. The summed E-state index contributed by atoms with van der Waals surface area (Å²) in [7, 11) is 0. The highest BCUT2D eigenvalue weighted by atomic mass is 19.4. The van der Waals surface area contributed by atoms with E-state index in [4.69, 9.17) is 4.52 Å². The fourth-order valence-corrected chi connectivity index (χ4v) is 1.81. The lowest BCUT2D eigenvalue weighted by atomic mass is 10.3. The first-order valence-electron chi connectivity index (χ1n) is 6.28. The van der Waals surface area contributed by atoms with Gasteiger partial charge in [-0.2, -0.15) is 18.3 Å². The van der Waals surface area contributed by atoms with Crippen LogP contribution in [0.25, 0.3) is 0 Å². The highest BCUT2D eigenvalue weighted by Crippen LogP contribution is 2.28. The van der Waals surface area contributed by atoms with Gasteiger partial charge in [-0.15, -0.1) is 0 Å². The standard InChI is InChI=1S/C12H13F3N4O/c13-12(14,15)8-4-17-19(6-8)7-11-3-10(18-20-11)5-16-9-1-2-9/h3-4,6,9,16H,1-2,5,7H2. The Morgan fingerprint density at radius 2 is 2.20 bits per heavy atom. The topological polar surface area (TPSA) is 55.9 Å². The molecule has 0 saturated heterocycles. The summed E-state index contributed by atoms with van der Waals surface area (Å²) in [6, 6.07) is 2.29. The molecule has 1 saturated carbocycles. The number of halogens is 3. The van der Waals surface area contributed by atoms with Crippen LogP contribution in [0.1, 0.15) is 29.9 Å². The molecule has 0 atom stereocenters. The summed E-state index contributed by atoms with van der Waals surface area (Å²) in [5.74, 6) is 0.481. The Morgan fingerprint density at radius 1 is 1.40 bits per heavy atom. The first-order valence-corrected chi connectivity index (χ1v) is 6.28. The van der Waals surface area contributed by atoms with E-state index in [1.165, 1.54) is 17.5 Å². The van der Waals surface area contributed by atoms with Crippen molar-refractivity contribution >= 4 is 0 Å². The molecule has 2 aromatic rings. The third-order valence-electron chi connectivity index (χ3n) is 3.04. The van der Waals surface area contributed by atoms with Crippen molar-refractivity contribution in [3.05, 3.63) is 35.5 Å². The highest BCUT2D eigenvalue weighted by Gasteiger charge is 2.32. The molecule has 0 radical (unpaired) electrons. The van der Waals surface area contributed by atoms with Crippen molar-refractivity contribution in [2.75, 3.05) is 0 Å². The van der Waals surface area contributed by atoms with Crippen molar-refractivity contribution in [3.63, 3.8) is 0 Å². The summed E-state index contributed by atoms with van der Waals surface area (Å²) < 4.78 is 43.6. The molecule has 20 heavy (non-hydrogen) atoms. The zero-order valence-electron chi connectivity index (χ0n) is 10.5. The molecule has 0 amide bonds. The van der Waals surface area contributed by atoms with E-state index in [9.17, 15) is 13.2 Å². The molecule has 0 spiro atoms. The average molecular weight is 286 g/mol. The van der Waals surface area contributed by atoms with Crippen LogP contribution in [0.2, 0.25) is 0 Å². The Hall–Kier alpha value is -1.83. The summed E-state index contributed by atoms with van der Waals surface area (Å²) >= 11 is 0. The molecule has 0 aromatic carbocycles. The third kappa shape index (κ3) is 3.19. The van der Waals surface area contributed by atoms with Gasteiger partial charge in [-0.3, -0.25) is 4.68 Å². The number of rotatable bonds is 5. The molecule has 8 heteroatoms. The molecule has 3 rings (SSSR count). The minimum atomic E-state index is -4.38. The number of hydrogen-bond acceptors (Lipinski definition) is 4. The van der Waals surface area contributed by atoms with Gasteiger partial charge in [-0.1, -0.05) is 5.16 Å². The van der Waals surface area contributed by atoms with Crippen molar-refractivity contribution in [2.45, 2.75) is 38.1 Å². The zero-order chi connectivity index (χ0) is 14.2. The molecule has 0 unspecified atom stereocenters. The van der Waals surface area contributed by atoms with Crippen LogP contribution in [0.4, 0.5) is 13.2 Å². The second kappa shape index (κ2) is 4.93. The Bertz CT molecular complexity index is 586. The fourth-order valence-electron chi connectivity index (χ4n) is 1.81. The molecular weight excluding hydrogens is 273 g/mol. The van der Waals surface area contributed by atoms with Crippen LogP contribution in [0.3, 0.4) is 0 Å². The van der Waals surface area contributed by atoms with E-state index in [2.05, 4.69) is 15.6 Å². The smallest absolute Gasteiger partial charge is 0.359 e. The predicted molar refractivity (Wildman–Crippen MR) is 62.7 cm³/mol. The number of hydrogen-bond donors (Lipinski definition) is 1. The maximum atomic E-state index is 12.4. The Labute approximate surface area is 112 Å². The lowest BCUT2D eigenvalue weighted by molar-refractivity contribution is -0.137. The summed E-state index contributed by atoms with van der Waals surface area (Å²) in [6.07, 6.45) is -0.272. The monoisotopic (exact) mass is 286 g/mol. The largest absolute Gasteiger partial charge is 0.419 e. The molecule has 2 heterocycles. The number of aromatic nitrogens is 3. The van der Waals surface area contributed by atoms with Crippen LogP contribution in [0, 0.1) is 0 Å². The molecule has 2 aromatic heterocycles. The van der Waals surface area contributed by atoms with Gasteiger partial charge in [-0.25, -0.2) is 0 Å². The fraction of sp³-hybridized carbons (Fsp3) is 0.500. The van der Waals surface area contributed by atoms with Crippen LogP contribution in [0.5, 0.6) is 0 Å². The molecule has 1 N–H and O–H groups in total. The SMILES string of the molecule is FC(F)(F)c1cnn(Cc2cc(CNC3CC3)no2)c1. The van der Waals surface area contributed by atoms with Crippen molar-refractivity contribution < 1.29 is 17.7 Å².